The van der Waals surface area contributed by atoms with Crippen LogP contribution in [0.4, 0.5) is 5.95 Å². The SMILES string of the molecule is Clc1ccnc(N2C[C@@H]3OCc4cnnn4[C@H]3C2)n1. The van der Waals surface area contributed by atoms with E-state index in [2.05, 4.69) is 25.2 Å². The van der Waals surface area contributed by atoms with E-state index in [0.29, 0.717) is 17.7 Å². The fourth-order valence-corrected chi connectivity index (χ4v) is 2.77. The predicted molar refractivity (Wildman–Crippen MR) is 66.9 cm³/mol. The maximum Gasteiger partial charge on any atom is 0.226 e. The number of fused-ring (bicyclic) bond motifs is 3. The number of halogens is 1. The van der Waals surface area contributed by atoms with E-state index >= 15 is 0 Å². The molecule has 0 bridgehead atoms. The number of rotatable bonds is 1. The highest BCUT2D eigenvalue weighted by atomic mass is 35.5. The summed E-state index contributed by atoms with van der Waals surface area (Å²) in [7, 11) is 0. The number of nitrogens with zero attached hydrogens (tertiary/aromatic N) is 6. The standard InChI is InChI=1S/C11H11ClN6O/c12-10-1-2-13-11(15-10)17-4-8-9(5-17)19-6-7-3-14-16-18(7)8/h1-3,8-9H,4-6H2/t8-,9-/m0/s1. The van der Waals surface area contributed by atoms with Gasteiger partial charge in [-0.15, -0.1) is 5.10 Å². The molecule has 4 heterocycles. The summed E-state index contributed by atoms with van der Waals surface area (Å²) in [6, 6.07) is 1.83. The smallest absolute Gasteiger partial charge is 0.226 e. The monoisotopic (exact) mass is 278 g/mol. The second-order valence-electron chi connectivity index (χ2n) is 4.67. The average Bonchev–Trinajstić information content (AvgIpc) is 3.04. The molecule has 98 valence electrons. The maximum absolute atomic E-state index is 5.90. The highest BCUT2D eigenvalue weighted by molar-refractivity contribution is 6.29. The third-order valence-corrected chi connectivity index (χ3v) is 3.75. The van der Waals surface area contributed by atoms with Gasteiger partial charge < -0.3 is 9.64 Å². The Morgan fingerprint density at radius 1 is 1.37 bits per heavy atom. The molecule has 0 amide bonds. The van der Waals surface area contributed by atoms with E-state index in [-0.39, 0.29) is 12.1 Å². The van der Waals surface area contributed by atoms with Gasteiger partial charge >= 0.3 is 0 Å². The van der Waals surface area contributed by atoms with E-state index < -0.39 is 0 Å². The number of hydrogen-bond acceptors (Lipinski definition) is 6. The Kier molecular flexibility index (Phi) is 2.42. The first-order chi connectivity index (χ1) is 9.31. The van der Waals surface area contributed by atoms with Crippen LogP contribution in [0.2, 0.25) is 5.15 Å². The largest absolute Gasteiger partial charge is 0.368 e. The molecule has 1 fully saturated rings. The van der Waals surface area contributed by atoms with Crippen LogP contribution in [0.3, 0.4) is 0 Å². The molecule has 1 saturated heterocycles. The van der Waals surface area contributed by atoms with Crippen molar-refractivity contribution in [3.63, 3.8) is 0 Å². The Morgan fingerprint density at radius 3 is 3.21 bits per heavy atom. The quantitative estimate of drug-likeness (QED) is 0.715. The van der Waals surface area contributed by atoms with E-state index in [1.54, 1.807) is 18.5 Å². The zero-order valence-electron chi connectivity index (χ0n) is 9.98. The molecule has 0 spiro atoms. The van der Waals surface area contributed by atoms with E-state index in [1.807, 2.05) is 4.68 Å². The van der Waals surface area contributed by atoms with Gasteiger partial charge in [-0.3, -0.25) is 0 Å². The molecule has 19 heavy (non-hydrogen) atoms. The minimum Gasteiger partial charge on any atom is -0.368 e. The van der Waals surface area contributed by atoms with Crippen molar-refractivity contribution in [1.29, 1.82) is 0 Å². The van der Waals surface area contributed by atoms with Crippen LogP contribution in [0.15, 0.2) is 18.5 Å². The van der Waals surface area contributed by atoms with Gasteiger partial charge in [0.05, 0.1) is 30.6 Å². The van der Waals surface area contributed by atoms with Crippen LogP contribution < -0.4 is 4.90 Å². The minimum absolute atomic E-state index is 0.0942. The Morgan fingerprint density at radius 2 is 2.32 bits per heavy atom. The first kappa shape index (κ1) is 11.1. The Balaban J connectivity index is 1.64. The lowest BCUT2D eigenvalue weighted by molar-refractivity contribution is -0.00255. The minimum atomic E-state index is 0.0942. The van der Waals surface area contributed by atoms with Crippen LogP contribution in [0.25, 0.3) is 0 Å². The van der Waals surface area contributed by atoms with Crippen molar-refractivity contribution in [3.8, 4) is 0 Å². The van der Waals surface area contributed by atoms with Crippen LogP contribution >= 0.6 is 11.6 Å². The van der Waals surface area contributed by atoms with Crippen molar-refractivity contribution in [2.75, 3.05) is 18.0 Å². The molecule has 7 nitrogen and oxygen atoms in total. The molecule has 0 N–H and O–H groups in total. The van der Waals surface area contributed by atoms with Gasteiger partial charge in [-0.2, -0.15) is 0 Å². The Labute approximate surface area is 114 Å². The normalized spacial score (nSPS) is 25.2. The lowest BCUT2D eigenvalue weighted by atomic mass is 10.2. The zero-order valence-corrected chi connectivity index (χ0v) is 10.7. The van der Waals surface area contributed by atoms with Crippen molar-refractivity contribution in [2.24, 2.45) is 0 Å². The highest BCUT2D eigenvalue weighted by Gasteiger charge is 2.40. The molecule has 2 aromatic heterocycles. The molecule has 2 atom stereocenters. The third-order valence-electron chi connectivity index (χ3n) is 3.54. The lowest BCUT2D eigenvalue weighted by Gasteiger charge is -2.25. The van der Waals surface area contributed by atoms with Crippen molar-refractivity contribution in [1.82, 2.24) is 25.0 Å². The highest BCUT2D eigenvalue weighted by Crippen LogP contribution is 2.31. The molecular weight excluding hydrogens is 268 g/mol. The second-order valence-corrected chi connectivity index (χ2v) is 5.06. The lowest BCUT2D eigenvalue weighted by Crippen LogP contribution is -2.32. The summed E-state index contributed by atoms with van der Waals surface area (Å²) in [4.78, 5) is 10.6. The second kappa shape index (κ2) is 4.14. The topological polar surface area (TPSA) is 69.0 Å². The Bertz CT molecular complexity index is 617. The van der Waals surface area contributed by atoms with Crippen LogP contribution in [0, 0.1) is 0 Å². The van der Waals surface area contributed by atoms with Crippen LogP contribution in [-0.2, 0) is 11.3 Å². The van der Waals surface area contributed by atoms with Gasteiger partial charge in [-0.05, 0) is 6.07 Å². The molecule has 4 rings (SSSR count). The van der Waals surface area contributed by atoms with Crippen LogP contribution in [0.5, 0.6) is 0 Å². The van der Waals surface area contributed by atoms with E-state index in [9.17, 15) is 0 Å². The van der Waals surface area contributed by atoms with Gasteiger partial charge in [-0.1, -0.05) is 16.8 Å². The zero-order chi connectivity index (χ0) is 12.8. The number of ether oxygens (including phenoxy) is 1. The number of anilines is 1. The summed E-state index contributed by atoms with van der Waals surface area (Å²) in [5.41, 5.74) is 1.01. The first-order valence-corrected chi connectivity index (χ1v) is 6.43. The molecule has 0 radical (unpaired) electrons. The summed E-state index contributed by atoms with van der Waals surface area (Å²) in [5, 5.41) is 8.52. The van der Waals surface area contributed by atoms with Gasteiger partial charge in [0.25, 0.3) is 0 Å². The number of hydrogen-bond donors (Lipinski definition) is 0. The Hall–Kier alpha value is -1.73. The maximum atomic E-state index is 5.90. The fourth-order valence-electron chi connectivity index (χ4n) is 2.64. The van der Waals surface area contributed by atoms with Gasteiger partial charge in [0, 0.05) is 19.3 Å². The summed E-state index contributed by atoms with van der Waals surface area (Å²) in [6.45, 7) is 2.05. The average molecular weight is 279 g/mol. The summed E-state index contributed by atoms with van der Waals surface area (Å²) in [6.07, 6.45) is 3.50. The van der Waals surface area contributed by atoms with E-state index in [0.717, 1.165) is 18.8 Å². The van der Waals surface area contributed by atoms with E-state index in [4.69, 9.17) is 16.3 Å². The summed E-state index contributed by atoms with van der Waals surface area (Å²) < 4.78 is 7.78. The molecule has 0 unspecified atom stereocenters. The van der Waals surface area contributed by atoms with Crippen molar-refractivity contribution < 1.29 is 4.74 Å². The van der Waals surface area contributed by atoms with Gasteiger partial charge in [0.15, 0.2) is 0 Å². The molecule has 0 aliphatic carbocycles. The molecule has 2 aliphatic rings. The first-order valence-electron chi connectivity index (χ1n) is 6.05. The number of aromatic nitrogens is 5. The van der Waals surface area contributed by atoms with Crippen molar-refractivity contribution in [2.45, 2.75) is 18.8 Å². The summed E-state index contributed by atoms with van der Waals surface area (Å²) in [5.74, 6) is 0.632. The van der Waals surface area contributed by atoms with Gasteiger partial charge in [0.2, 0.25) is 5.95 Å². The third kappa shape index (κ3) is 1.77. The van der Waals surface area contributed by atoms with Gasteiger partial charge in [0.1, 0.15) is 5.15 Å². The molecule has 0 saturated carbocycles. The fraction of sp³-hybridized carbons (Fsp3) is 0.455. The molecular formula is C11H11ClN6O. The molecule has 2 aromatic rings. The van der Waals surface area contributed by atoms with Crippen LogP contribution in [-0.4, -0.2) is 44.2 Å². The van der Waals surface area contributed by atoms with Crippen molar-refractivity contribution in [3.05, 3.63) is 29.3 Å². The van der Waals surface area contributed by atoms with Crippen molar-refractivity contribution >= 4 is 17.5 Å². The molecule has 8 heteroatoms. The van der Waals surface area contributed by atoms with Crippen LogP contribution in [0.1, 0.15) is 11.7 Å². The van der Waals surface area contributed by atoms with Gasteiger partial charge in [-0.25, -0.2) is 14.6 Å². The molecule has 0 aromatic carbocycles. The predicted octanol–water partition coefficient (Wildman–Crippen LogP) is 0.682. The van der Waals surface area contributed by atoms with E-state index in [1.165, 1.54) is 0 Å². The summed E-state index contributed by atoms with van der Waals surface area (Å²) >= 11 is 5.90. The molecule has 2 aliphatic heterocycles.